The molecule has 22 heavy (non-hydrogen) atoms. The van der Waals surface area contributed by atoms with Crippen molar-refractivity contribution in [1.29, 1.82) is 0 Å². The molecule has 4 atom stereocenters. The van der Waals surface area contributed by atoms with E-state index in [-0.39, 0.29) is 6.61 Å². The van der Waals surface area contributed by atoms with Crippen LogP contribution in [0.3, 0.4) is 0 Å². The molecule has 0 radical (unpaired) electrons. The van der Waals surface area contributed by atoms with E-state index >= 15 is 0 Å². The Balaban J connectivity index is 1.83. The van der Waals surface area contributed by atoms with Gasteiger partial charge in [-0.05, 0) is 24.3 Å². The molecule has 2 fully saturated rings. The summed E-state index contributed by atoms with van der Waals surface area (Å²) in [5, 5.41) is 20.5. The molecule has 118 valence electrons. The van der Waals surface area contributed by atoms with Gasteiger partial charge in [0.25, 0.3) is 0 Å². The Hall–Kier alpha value is -1.95. The Bertz CT molecular complexity index is 772. The monoisotopic (exact) mass is 310 g/mol. The lowest BCUT2D eigenvalue weighted by Crippen LogP contribution is -2.38. The van der Waals surface area contributed by atoms with E-state index in [1.807, 2.05) is 0 Å². The fourth-order valence-electron chi connectivity index (χ4n) is 2.89. The highest BCUT2D eigenvalue weighted by molar-refractivity contribution is 5.27. The second-order valence-corrected chi connectivity index (χ2v) is 5.62. The van der Waals surface area contributed by atoms with E-state index < -0.39 is 36.0 Å². The predicted molar refractivity (Wildman–Crippen MR) is 67.7 cm³/mol. The smallest absolute Gasteiger partial charge is 0.366 e. The molecule has 11 nitrogen and oxygen atoms in total. The maximum Gasteiger partial charge on any atom is 0.366 e. The van der Waals surface area contributed by atoms with Crippen molar-refractivity contribution in [2.24, 2.45) is 0 Å². The van der Waals surface area contributed by atoms with Gasteiger partial charge >= 0.3 is 5.69 Å². The predicted octanol–water partition coefficient (Wildman–Crippen LogP) is -1.91. The van der Waals surface area contributed by atoms with Crippen LogP contribution in [0.25, 0.3) is 5.65 Å². The number of nitrogens with zero attached hydrogens (tertiary/aromatic N) is 6. The van der Waals surface area contributed by atoms with Gasteiger partial charge in [0.15, 0.2) is 12.0 Å². The van der Waals surface area contributed by atoms with E-state index in [1.165, 1.54) is 10.8 Å². The van der Waals surface area contributed by atoms with Crippen LogP contribution in [-0.4, -0.2) is 65.6 Å². The number of hydrogen-bond donors (Lipinski definition) is 1. The first-order valence-electron chi connectivity index (χ1n) is 6.78. The molecule has 11 heteroatoms. The summed E-state index contributed by atoms with van der Waals surface area (Å²) < 4.78 is 19.7. The fourth-order valence-corrected chi connectivity index (χ4v) is 2.89. The molecule has 2 aromatic heterocycles. The zero-order valence-electron chi connectivity index (χ0n) is 11.9. The molecule has 0 unspecified atom stereocenters. The lowest BCUT2D eigenvalue weighted by molar-refractivity contribution is -0.202. The van der Waals surface area contributed by atoms with Crippen LogP contribution in [0.15, 0.2) is 11.0 Å². The van der Waals surface area contributed by atoms with Crippen molar-refractivity contribution in [3.8, 4) is 0 Å². The molecule has 0 amide bonds. The molecule has 0 aromatic carbocycles. The molecule has 2 aliphatic rings. The molecule has 2 aliphatic heterocycles. The summed E-state index contributed by atoms with van der Waals surface area (Å²) in [6.45, 7) is 3.26. The number of hydrogen-bond acceptors (Lipinski definition) is 9. The Labute approximate surface area is 123 Å². The molecular weight excluding hydrogens is 296 g/mol. The van der Waals surface area contributed by atoms with Crippen LogP contribution in [0.4, 0.5) is 0 Å². The van der Waals surface area contributed by atoms with Gasteiger partial charge in [-0.3, -0.25) is 0 Å². The molecule has 0 saturated carbocycles. The van der Waals surface area contributed by atoms with Crippen molar-refractivity contribution in [2.75, 3.05) is 6.61 Å². The number of fused-ring (bicyclic) bond motifs is 2. The first-order valence-corrected chi connectivity index (χ1v) is 6.78. The second-order valence-electron chi connectivity index (χ2n) is 5.62. The number of aromatic nitrogens is 6. The average Bonchev–Trinajstić information content (AvgIpc) is 3.12. The van der Waals surface area contributed by atoms with Gasteiger partial charge in [0.1, 0.15) is 18.3 Å². The molecule has 0 spiro atoms. The fraction of sp³-hybridized carbons (Fsp3) is 0.727. The summed E-state index contributed by atoms with van der Waals surface area (Å²) in [6, 6.07) is 0. The molecule has 0 bridgehead atoms. The highest BCUT2D eigenvalue weighted by Crippen LogP contribution is 2.42. The van der Waals surface area contributed by atoms with E-state index in [0.717, 1.165) is 4.68 Å². The Kier molecular flexibility index (Phi) is 2.81. The summed E-state index contributed by atoms with van der Waals surface area (Å²) in [6.07, 6.45) is -1.28. The number of aliphatic hydroxyl groups is 1. The van der Waals surface area contributed by atoms with Crippen molar-refractivity contribution in [2.45, 2.75) is 44.2 Å². The molecule has 1 N–H and O–H groups in total. The number of rotatable bonds is 2. The number of aliphatic hydroxyl groups excluding tert-OH is 1. The molecule has 2 saturated heterocycles. The summed E-state index contributed by atoms with van der Waals surface area (Å²) >= 11 is 0. The summed E-state index contributed by atoms with van der Waals surface area (Å²) in [4.78, 5) is 15.9. The summed E-state index contributed by atoms with van der Waals surface area (Å²) in [5.74, 6) is -0.837. The van der Waals surface area contributed by atoms with Gasteiger partial charge in [-0.15, -0.1) is 9.73 Å². The van der Waals surface area contributed by atoms with E-state index in [2.05, 4.69) is 20.5 Å². The van der Waals surface area contributed by atoms with Gasteiger partial charge in [-0.1, -0.05) is 0 Å². The first-order chi connectivity index (χ1) is 10.5. The summed E-state index contributed by atoms with van der Waals surface area (Å²) in [7, 11) is 0. The zero-order valence-corrected chi connectivity index (χ0v) is 11.9. The maximum atomic E-state index is 12.2. The van der Waals surface area contributed by atoms with Crippen LogP contribution in [0.2, 0.25) is 0 Å². The number of tetrazole rings is 1. The number of ether oxygens (including phenoxy) is 3. The normalized spacial score (nSPS) is 33.4. The van der Waals surface area contributed by atoms with Crippen LogP contribution in [0.5, 0.6) is 0 Å². The SMILES string of the molecule is CC1(C)O[C@@H]2[C@H](O1)[C@@H](CO)O[C@H]2n1c(=O)ncc2nnnn21. The molecule has 2 aromatic rings. The van der Waals surface area contributed by atoms with E-state index in [1.54, 1.807) is 13.8 Å². The third-order valence-corrected chi connectivity index (χ3v) is 3.71. The van der Waals surface area contributed by atoms with Gasteiger partial charge in [-0.25, -0.2) is 4.79 Å². The minimum atomic E-state index is -0.851. The van der Waals surface area contributed by atoms with Crippen molar-refractivity contribution >= 4 is 5.65 Å². The van der Waals surface area contributed by atoms with E-state index in [9.17, 15) is 9.90 Å². The molecule has 4 rings (SSSR count). The van der Waals surface area contributed by atoms with E-state index in [0.29, 0.717) is 5.65 Å². The van der Waals surface area contributed by atoms with Crippen molar-refractivity contribution in [1.82, 2.24) is 29.8 Å². The minimum absolute atomic E-state index is 0.259. The van der Waals surface area contributed by atoms with Gasteiger partial charge in [0, 0.05) is 0 Å². The van der Waals surface area contributed by atoms with Gasteiger partial charge in [-0.2, -0.15) is 9.67 Å². The standard InChI is InChI=1S/C11H14N6O5/c1-11(2)21-7-5(4-18)20-9(8(7)22-11)16-10(19)12-3-6-13-14-15-17(6)16/h3,5,7-9,18H,4H2,1-2H3/t5-,7-,8-,9-/m1/s1. The van der Waals surface area contributed by atoms with Gasteiger partial charge in [0.05, 0.1) is 12.8 Å². The lowest BCUT2D eigenvalue weighted by atomic mass is 10.1. The van der Waals surface area contributed by atoms with Gasteiger partial charge < -0.3 is 19.3 Å². The van der Waals surface area contributed by atoms with Crippen LogP contribution < -0.4 is 5.69 Å². The van der Waals surface area contributed by atoms with Crippen LogP contribution in [-0.2, 0) is 14.2 Å². The minimum Gasteiger partial charge on any atom is -0.394 e. The van der Waals surface area contributed by atoms with Crippen molar-refractivity contribution < 1.29 is 19.3 Å². The zero-order chi connectivity index (χ0) is 15.5. The van der Waals surface area contributed by atoms with Crippen LogP contribution >= 0.6 is 0 Å². The topological polar surface area (TPSA) is 126 Å². The largest absolute Gasteiger partial charge is 0.394 e. The van der Waals surface area contributed by atoms with Crippen molar-refractivity contribution in [3.63, 3.8) is 0 Å². The highest BCUT2D eigenvalue weighted by atomic mass is 16.8. The lowest BCUT2D eigenvalue weighted by Gasteiger charge is -2.24. The summed E-state index contributed by atoms with van der Waals surface area (Å²) in [5.41, 5.74) is -0.291. The van der Waals surface area contributed by atoms with Crippen molar-refractivity contribution in [3.05, 3.63) is 16.7 Å². The maximum absolute atomic E-state index is 12.2. The third kappa shape index (κ3) is 1.86. The molecular formula is C11H14N6O5. The Morgan fingerprint density at radius 3 is 2.91 bits per heavy atom. The first kappa shape index (κ1) is 13.7. The quantitative estimate of drug-likeness (QED) is 0.676. The van der Waals surface area contributed by atoms with Gasteiger partial charge in [0.2, 0.25) is 5.65 Å². The third-order valence-electron chi connectivity index (χ3n) is 3.71. The van der Waals surface area contributed by atoms with Crippen LogP contribution in [0, 0.1) is 0 Å². The van der Waals surface area contributed by atoms with Crippen LogP contribution in [0.1, 0.15) is 20.1 Å². The highest BCUT2D eigenvalue weighted by Gasteiger charge is 2.56. The average molecular weight is 310 g/mol. The van der Waals surface area contributed by atoms with E-state index in [4.69, 9.17) is 14.2 Å². The molecule has 4 heterocycles. The molecule has 0 aliphatic carbocycles. The Morgan fingerprint density at radius 1 is 1.36 bits per heavy atom. The second kappa shape index (κ2) is 4.52. The Morgan fingerprint density at radius 2 is 2.14 bits per heavy atom.